The van der Waals surface area contributed by atoms with Crippen molar-refractivity contribution in [2.24, 2.45) is 0 Å². The molecule has 0 spiro atoms. The van der Waals surface area contributed by atoms with Crippen LogP contribution in [0.5, 0.6) is 0 Å². The van der Waals surface area contributed by atoms with Gasteiger partial charge in [0.15, 0.2) is 0 Å². The van der Waals surface area contributed by atoms with E-state index in [-0.39, 0.29) is 12.2 Å². The van der Waals surface area contributed by atoms with Gasteiger partial charge in [-0.3, -0.25) is 4.68 Å². The minimum Gasteiger partial charge on any atom is -0.388 e. The van der Waals surface area contributed by atoms with Crippen molar-refractivity contribution in [3.63, 3.8) is 0 Å². The zero-order valence-corrected chi connectivity index (χ0v) is 12.2. The molecule has 2 amide bonds. The number of nitrogens with one attached hydrogen (secondary N) is 1. The number of aliphatic hydroxyl groups is 1. The summed E-state index contributed by atoms with van der Waals surface area (Å²) in [6.45, 7) is -1.02. The van der Waals surface area contributed by atoms with E-state index in [2.05, 4.69) is 10.4 Å². The molecule has 1 aliphatic rings. The molecular formula is C13H19F3N4O2. The highest BCUT2D eigenvalue weighted by Crippen LogP contribution is 2.30. The van der Waals surface area contributed by atoms with Gasteiger partial charge in [0, 0.05) is 13.2 Å². The highest BCUT2D eigenvalue weighted by Gasteiger charge is 2.33. The Bertz CT molecular complexity index is 524. The Labute approximate surface area is 125 Å². The Morgan fingerprint density at radius 3 is 2.73 bits per heavy atom. The highest BCUT2D eigenvalue weighted by molar-refractivity contribution is 5.88. The van der Waals surface area contributed by atoms with Crippen molar-refractivity contribution in [2.45, 2.75) is 44.0 Å². The topological polar surface area (TPSA) is 70.4 Å². The molecule has 124 valence electrons. The van der Waals surface area contributed by atoms with E-state index in [1.807, 2.05) is 0 Å². The lowest BCUT2D eigenvalue weighted by molar-refractivity contribution is -0.142. The van der Waals surface area contributed by atoms with Crippen LogP contribution in [-0.2, 0) is 6.54 Å². The van der Waals surface area contributed by atoms with Crippen LogP contribution in [0.4, 0.5) is 23.7 Å². The molecule has 0 aliphatic heterocycles. The fraction of sp³-hybridized carbons (Fsp3) is 0.692. The van der Waals surface area contributed by atoms with Gasteiger partial charge < -0.3 is 15.3 Å². The Balaban J connectivity index is 1.88. The lowest BCUT2D eigenvalue weighted by Crippen LogP contribution is -2.43. The van der Waals surface area contributed by atoms with E-state index in [0.29, 0.717) is 17.5 Å². The average molecular weight is 320 g/mol. The summed E-state index contributed by atoms with van der Waals surface area (Å²) in [4.78, 5) is 13.3. The number of anilines is 1. The number of nitrogens with zero attached hydrogens (tertiary/aromatic N) is 3. The third-order valence-corrected chi connectivity index (χ3v) is 3.64. The number of carbonyl (C=O) groups excluding carboxylic acids is 1. The fourth-order valence-corrected chi connectivity index (χ4v) is 2.62. The first-order valence-corrected chi connectivity index (χ1v) is 7.01. The molecule has 0 atom stereocenters. The average Bonchev–Trinajstić information content (AvgIpc) is 2.97. The summed E-state index contributed by atoms with van der Waals surface area (Å²) in [6, 6.07) is -0.494. The molecule has 0 unspecified atom stereocenters. The molecule has 0 radical (unpaired) electrons. The molecule has 1 aromatic heterocycles. The molecule has 6 nitrogen and oxygen atoms in total. The van der Waals surface area contributed by atoms with Crippen LogP contribution in [0, 0.1) is 0 Å². The largest absolute Gasteiger partial charge is 0.408 e. The maximum atomic E-state index is 12.2. The second-order valence-corrected chi connectivity index (χ2v) is 5.76. The Morgan fingerprint density at radius 2 is 2.14 bits per heavy atom. The van der Waals surface area contributed by atoms with Crippen LogP contribution in [0.1, 0.15) is 25.7 Å². The fourth-order valence-electron chi connectivity index (χ4n) is 2.62. The normalized spacial score (nSPS) is 17.5. The van der Waals surface area contributed by atoms with Crippen molar-refractivity contribution < 1.29 is 23.1 Å². The lowest BCUT2D eigenvalue weighted by Gasteiger charge is -2.28. The minimum atomic E-state index is -4.37. The predicted octanol–water partition coefficient (Wildman–Crippen LogP) is 2.21. The maximum Gasteiger partial charge on any atom is 0.408 e. The van der Waals surface area contributed by atoms with E-state index in [4.69, 9.17) is 0 Å². The third kappa shape index (κ3) is 4.62. The van der Waals surface area contributed by atoms with Gasteiger partial charge in [-0.2, -0.15) is 18.3 Å². The number of carbonyl (C=O) groups is 1. The summed E-state index contributed by atoms with van der Waals surface area (Å²) < 4.78 is 37.4. The number of alkyl halides is 3. The monoisotopic (exact) mass is 320 g/mol. The smallest absolute Gasteiger partial charge is 0.388 e. The van der Waals surface area contributed by atoms with Gasteiger partial charge in [0.25, 0.3) is 0 Å². The summed E-state index contributed by atoms with van der Waals surface area (Å²) in [5, 5.41) is 16.3. The van der Waals surface area contributed by atoms with Gasteiger partial charge in [0.2, 0.25) is 0 Å². The minimum absolute atomic E-state index is 0.180. The summed E-state index contributed by atoms with van der Waals surface area (Å²) in [5.74, 6) is 0. The number of aromatic nitrogens is 2. The molecule has 0 aromatic carbocycles. The van der Waals surface area contributed by atoms with Crippen molar-refractivity contribution in [2.75, 3.05) is 18.9 Å². The number of amides is 2. The van der Waals surface area contributed by atoms with Crippen LogP contribution in [0.15, 0.2) is 12.4 Å². The molecule has 1 saturated carbocycles. The molecule has 22 heavy (non-hydrogen) atoms. The van der Waals surface area contributed by atoms with Crippen LogP contribution in [0.2, 0.25) is 0 Å². The third-order valence-electron chi connectivity index (χ3n) is 3.64. The second-order valence-electron chi connectivity index (χ2n) is 5.76. The van der Waals surface area contributed by atoms with E-state index in [9.17, 15) is 23.1 Å². The van der Waals surface area contributed by atoms with Gasteiger partial charge >= 0.3 is 12.2 Å². The van der Waals surface area contributed by atoms with Crippen LogP contribution in [-0.4, -0.2) is 51.2 Å². The molecule has 0 bridgehead atoms. The standard InChI is InChI=1S/C13H19F3N4O2/c1-19(8-12(22)4-2-3-5-12)11(21)18-10-6-17-20(7-10)9-13(14,15)16/h6-7,22H,2-5,8-9H2,1H3,(H,18,21). The molecule has 1 heterocycles. The molecule has 0 saturated heterocycles. The van der Waals surface area contributed by atoms with Gasteiger partial charge in [-0.15, -0.1) is 0 Å². The predicted molar refractivity (Wildman–Crippen MR) is 73.3 cm³/mol. The van der Waals surface area contributed by atoms with Crippen LogP contribution in [0.25, 0.3) is 0 Å². The second kappa shape index (κ2) is 6.15. The number of urea groups is 1. The first kappa shape index (κ1) is 16.6. The van der Waals surface area contributed by atoms with Crippen molar-refractivity contribution in [1.29, 1.82) is 0 Å². The van der Waals surface area contributed by atoms with E-state index in [1.165, 1.54) is 11.9 Å². The maximum absolute atomic E-state index is 12.2. The number of rotatable bonds is 4. The molecule has 9 heteroatoms. The van der Waals surface area contributed by atoms with E-state index in [0.717, 1.165) is 25.2 Å². The molecule has 1 aromatic rings. The van der Waals surface area contributed by atoms with Gasteiger partial charge in [0.1, 0.15) is 6.54 Å². The summed E-state index contributed by atoms with van der Waals surface area (Å²) in [6.07, 6.45) is 1.05. The zero-order valence-electron chi connectivity index (χ0n) is 12.2. The van der Waals surface area contributed by atoms with Gasteiger partial charge in [-0.05, 0) is 12.8 Å². The summed E-state index contributed by atoms with van der Waals surface area (Å²) >= 11 is 0. The summed E-state index contributed by atoms with van der Waals surface area (Å²) in [5.41, 5.74) is -0.688. The van der Waals surface area contributed by atoms with Gasteiger partial charge in [0.05, 0.1) is 24.0 Å². The molecule has 1 aliphatic carbocycles. The van der Waals surface area contributed by atoms with Crippen molar-refractivity contribution in [3.05, 3.63) is 12.4 Å². The Kier molecular flexibility index (Phi) is 4.64. The van der Waals surface area contributed by atoms with E-state index < -0.39 is 24.4 Å². The lowest BCUT2D eigenvalue weighted by atomic mass is 10.0. The van der Waals surface area contributed by atoms with Crippen molar-refractivity contribution >= 4 is 11.7 Å². The van der Waals surface area contributed by atoms with E-state index >= 15 is 0 Å². The van der Waals surface area contributed by atoms with Gasteiger partial charge in [-0.25, -0.2) is 4.79 Å². The Hall–Kier alpha value is -1.77. The number of hydrogen-bond donors (Lipinski definition) is 2. The number of likely N-dealkylation sites (N-methyl/N-ethyl adjacent to an activating group) is 1. The molecule has 2 rings (SSSR count). The first-order valence-electron chi connectivity index (χ1n) is 7.01. The van der Waals surface area contributed by atoms with Crippen LogP contribution < -0.4 is 5.32 Å². The quantitative estimate of drug-likeness (QED) is 0.893. The number of halogens is 3. The van der Waals surface area contributed by atoms with Crippen molar-refractivity contribution in [1.82, 2.24) is 14.7 Å². The first-order chi connectivity index (χ1) is 10.2. The molecule has 1 fully saturated rings. The molecular weight excluding hydrogens is 301 g/mol. The van der Waals surface area contributed by atoms with Crippen molar-refractivity contribution in [3.8, 4) is 0 Å². The SMILES string of the molecule is CN(CC1(O)CCCC1)C(=O)Nc1cnn(CC(F)(F)F)c1. The van der Waals surface area contributed by atoms with E-state index in [1.54, 1.807) is 0 Å². The zero-order chi connectivity index (χ0) is 16.4. The van der Waals surface area contributed by atoms with Crippen LogP contribution >= 0.6 is 0 Å². The molecule has 2 N–H and O–H groups in total. The highest BCUT2D eigenvalue weighted by atomic mass is 19.4. The van der Waals surface area contributed by atoms with Crippen LogP contribution in [0.3, 0.4) is 0 Å². The number of hydrogen-bond acceptors (Lipinski definition) is 3. The summed E-state index contributed by atoms with van der Waals surface area (Å²) in [7, 11) is 1.53. The Morgan fingerprint density at radius 1 is 1.50 bits per heavy atom. The van der Waals surface area contributed by atoms with Gasteiger partial charge in [-0.1, -0.05) is 12.8 Å².